The van der Waals surface area contributed by atoms with Gasteiger partial charge < -0.3 is 9.47 Å². The fourth-order valence-corrected chi connectivity index (χ4v) is 3.73. The highest BCUT2D eigenvalue weighted by atomic mass is 19.4. The molecule has 3 aromatic rings. The monoisotopic (exact) mass is 439 g/mol. The lowest BCUT2D eigenvalue weighted by Gasteiger charge is -2.18. The molecule has 1 aromatic carbocycles. The van der Waals surface area contributed by atoms with E-state index >= 15 is 0 Å². The fraction of sp³-hybridized carbons (Fsp3) is 0.350. The van der Waals surface area contributed by atoms with Crippen molar-refractivity contribution in [3.63, 3.8) is 0 Å². The van der Waals surface area contributed by atoms with E-state index in [1.54, 1.807) is 0 Å². The molecule has 4 rings (SSSR count). The van der Waals surface area contributed by atoms with E-state index < -0.39 is 30.3 Å². The van der Waals surface area contributed by atoms with E-state index in [-0.39, 0.29) is 18.1 Å². The van der Waals surface area contributed by atoms with E-state index in [9.17, 15) is 26.7 Å². The van der Waals surface area contributed by atoms with Crippen molar-refractivity contribution in [1.82, 2.24) is 24.2 Å². The predicted octanol–water partition coefficient (Wildman–Crippen LogP) is 3.67. The van der Waals surface area contributed by atoms with Gasteiger partial charge in [-0.15, -0.1) is 0 Å². The van der Waals surface area contributed by atoms with Crippen LogP contribution in [0, 0.1) is 11.6 Å². The molecule has 0 fully saturated rings. The van der Waals surface area contributed by atoms with E-state index in [1.165, 1.54) is 35.1 Å². The fourth-order valence-electron chi connectivity index (χ4n) is 3.73. The molecule has 2 aromatic heterocycles. The van der Waals surface area contributed by atoms with Crippen LogP contribution in [0.4, 0.5) is 22.0 Å². The molecule has 0 unspecified atom stereocenters. The average molecular weight is 439 g/mol. The molecule has 6 nitrogen and oxygen atoms in total. The summed E-state index contributed by atoms with van der Waals surface area (Å²) >= 11 is 0. The van der Waals surface area contributed by atoms with Crippen LogP contribution in [0.25, 0.3) is 5.69 Å². The molecule has 1 aliphatic rings. The molecule has 11 heteroatoms. The van der Waals surface area contributed by atoms with Gasteiger partial charge in [0.05, 0.1) is 12.2 Å². The largest absolute Gasteiger partial charge is 0.406 e. The Morgan fingerprint density at radius 2 is 1.97 bits per heavy atom. The first-order valence-corrected chi connectivity index (χ1v) is 9.52. The average Bonchev–Trinajstić information content (AvgIpc) is 3.40. The van der Waals surface area contributed by atoms with Crippen LogP contribution in [-0.2, 0) is 25.9 Å². The number of carbonyl (C=O) groups excluding carboxylic acids is 1. The van der Waals surface area contributed by atoms with Crippen molar-refractivity contribution in [3.8, 4) is 5.69 Å². The number of alkyl halides is 3. The van der Waals surface area contributed by atoms with Crippen LogP contribution < -0.4 is 0 Å². The second-order valence-electron chi connectivity index (χ2n) is 7.39. The topological polar surface area (TPSA) is 56.0 Å². The summed E-state index contributed by atoms with van der Waals surface area (Å²) in [5.41, 5.74) is 1.88. The Labute approximate surface area is 173 Å². The number of nitrogens with zero attached hydrogens (tertiary/aromatic N) is 5. The molecule has 0 N–H and O–H groups in total. The van der Waals surface area contributed by atoms with Gasteiger partial charge in [0.1, 0.15) is 12.4 Å². The quantitative estimate of drug-likeness (QED) is 0.570. The van der Waals surface area contributed by atoms with Gasteiger partial charge in [0.15, 0.2) is 17.3 Å². The molecule has 0 spiro atoms. The zero-order valence-electron chi connectivity index (χ0n) is 16.5. The van der Waals surface area contributed by atoms with Crippen molar-refractivity contribution < 1.29 is 26.7 Å². The van der Waals surface area contributed by atoms with Crippen LogP contribution in [0.2, 0.25) is 0 Å². The van der Waals surface area contributed by atoms with Gasteiger partial charge >= 0.3 is 6.18 Å². The van der Waals surface area contributed by atoms with Crippen LogP contribution in [0.3, 0.4) is 0 Å². The maximum atomic E-state index is 13.7. The summed E-state index contributed by atoms with van der Waals surface area (Å²) < 4.78 is 67.6. The summed E-state index contributed by atoms with van der Waals surface area (Å²) in [6.45, 7) is -1.35. The molecule has 0 atom stereocenters. The summed E-state index contributed by atoms with van der Waals surface area (Å²) in [5, 5.41) is 4.33. The highest BCUT2D eigenvalue weighted by Crippen LogP contribution is 2.29. The first-order valence-electron chi connectivity index (χ1n) is 9.52. The smallest absolute Gasteiger partial charge is 0.333 e. The Bertz CT molecular complexity index is 1130. The van der Waals surface area contributed by atoms with E-state index in [1.807, 2.05) is 0 Å². The number of hydrogen-bond donors (Lipinski definition) is 0. The highest BCUT2D eigenvalue weighted by Gasteiger charge is 2.31. The normalized spacial score (nSPS) is 13.5. The summed E-state index contributed by atoms with van der Waals surface area (Å²) in [5.74, 6) is -2.41. The van der Waals surface area contributed by atoms with E-state index in [0.29, 0.717) is 24.1 Å². The third-order valence-corrected chi connectivity index (χ3v) is 5.16. The second kappa shape index (κ2) is 7.78. The molecular formula is C20H18F5N5O. The molecule has 0 saturated carbocycles. The van der Waals surface area contributed by atoms with Crippen molar-refractivity contribution in [1.29, 1.82) is 0 Å². The van der Waals surface area contributed by atoms with Crippen molar-refractivity contribution in [3.05, 3.63) is 65.0 Å². The Hall–Kier alpha value is -3.24. The maximum absolute atomic E-state index is 13.7. The van der Waals surface area contributed by atoms with Gasteiger partial charge in [-0.1, -0.05) is 0 Å². The SMILES string of the molecule is CN(Cc1nccn1CC(F)(F)F)C(=O)c1nn(-c2ccc(F)c(F)c2)c2c1CCC2. The van der Waals surface area contributed by atoms with Crippen molar-refractivity contribution in [2.45, 2.75) is 38.5 Å². The number of rotatable bonds is 5. The van der Waals surface area contributed by atoms with Gasteiger partial charge in [-0.25, -0.2) is 18.4 Å². The first kappa shape index (κ1) is 21.0. The number of imidazole rings is 1. The second-order valence-corrected chi connectivity index (χ2v) is 7.39. The van der Waals surface area contributed by atoms with Gasteiger partial charge in [0, 0.05) is 36.8 Å². The molecule has 1 amide bonds. The Balaban J connectivity index is 1.61. The lowest BCUT2D eigenvalue weighted by molar-refractivity contribution is -0.141. The highest BCUT2D eigenvalue weighted by molar-refractivity contribution is 5.94. The summed E-state index contributed by atoms with van der Waals surface area (Å²) in [7, 11) is 1.45. The molecule has 0 saturated heterocycles. The lowest BCUT2D eigenvalue weighted by Crippen LogP contribution is -2.30. The summed E-state index contributed by atoms with van der Waals surface area (Å²) in [6, 6.07) is 3.37. The number of fused-ring (bicyclic) bond motifs is 1. The minimum Gasteiger partial charge on any atom is -0.333 e. The maximum Gasteiger partial charge on any atom is 0.406 e. The first-order chi connectivity index (χ1) is 14.6. The number of halogens is 5. The number of benzene rings is 1. The van der Waals surface area contributed by atoms with Crippen molar-refractivity contribution in [2.24, 2.45) is 0 Å². The minimum absolute atomic E-state index is 0.0878. The minimum atomic E-state index is -4.41. The van der Waals surface area contributed by atoms with Gasteiger partial charge in [0.25, 0.3) is 5.91 Å². The van der Waals surface area contributed by atoms with E-state index in [0.717, 1.165) is 28.8 Å². The third kappa shape index (κ3) is 4.17. The molecule has 0 bridgehead atoms. The Morgan fingerprint density at radius 3 is 2.68 bits per heavy atom. The molecule has 1 aliphatic carbocycles. The zero-order chi connectivity index (χ0) is 22.3. The summed E-state index contributed by atoms with van der Waals surface area (Å²) in [4.78, 5) is 18.2. The molecule has 2 heterocycles. The van der Waals surface area contributed by atoms with Crippen LogP contribution >= 0.6 is 0 Å². The molecule has 31 heavy (non-hydrogen) atoms. The van der Waals surface area contributed by atoms with Crippen LogP contribution in [0.5, 0.6) is 0 Å². The predicted molar refractivity (Wildman–Crippen MR) is 99.6 cm³/mol. The number of hydrogen-bond acceptors (Lipinski definition) is 3. The number of amides is 1. The summed E-state index contributed by atoms with van der Waals surface area (Å²) in [6.07, 6.45) is 0.0232. The van der Waals surface area contributed by atoms with Gasteiger partial charge in [-0.05, 0) is 31.4 Å². The van der Waals surface area contributed by atoms with E-state index in [4.69, 9.17) is 0 Å². The third-order valence-electron chi connectivity index (χ3n) is 5.16. The Kier molecular flexibility index (Phi) is 5.28. The van der Waals surface area contributed by atoms with Crippen molar-refractivity contribution in [2.75, 3.05) is 7.05 Å². The number of carbonyl (C=O) groups is 1. The number of aromatic nitrogens is 4. The van der Waals surface area contributed by atoms with Crippen LogP contribution in [0.15, 0.2) is 30.6 Å². The van der Waals surface area contributed by atoms with Crippen LogP contribution in [-0.4, -0.2) is 43.4 Å². The molecule has 0 radical (unpaired) electrons. The molecular weight excluding hydrogens is 421 g/mol. The van der Waals surface area contributed by atoms with E-state index in [2.05, 4.69) is 10.1 Å². The standard InChI is InChI=1S/C20H18F5N5O/c1-28(10-17-26-7-8-29(17)11-20(23,24)25)19(31)18-13-3-2-4-16(13)30(27-18)12-5-6-14(21)15(22)9-12/h5-9H,2-4,10-11H2,1H3. The van der Waals surface area contributed by atoms with Gasteiger partial charge in [-0.3, -0.25) is 4.79 Å². The van der Waals surface area contributed by atoms with Crippen molar-refractivity contribution >= 4 is 5.91 Å². The van der Waals surface area contributed by atoms with Crippen LogP contribution in [0.1, 0.15) is 34.0 Å². The Morgan fingerprint density at radius 1 is 1.19 bits per heavy atom. The van der Waals surface area contributed by atoms with Gasteiger partial charge in [0.2, 0.25) is 0 Å². The molecule has 0 aliphatic heterocycles. The molecule has 164 valence electrons. The van der Waals surface area contributed by atoms with Gasteiger partial charge in [-0.2, -0.15) is 18.3 Å². The zero-order valence-corrected chi connectivity index (χ0v) is 16.5. The lowest BCUT2D eigenvalue weighted by atomic mass is 10.2.